The maximum atomic E-state index is 11.4. The Hall–Kier alpha value is -1.99. The molecule has 0 aliphatic carbocycles. The molecular weight excluding hydrogens is 262 g/mol. The van der Waals surface area contributed by atoms with Crippen molar-refractivity contribution in [1.29, 1.82) is 0 Å². The van der Waals surface area contributed by atoms with E-state index in [9.17, 15) is 9.59 Å². The summed E-state index contributed by atoms with van der Waals surface area (Å²) in [6.45, 7) is 0.749. The Bertz CT molecular complexity index is 447. The normalized spacial score (nSPS) is 10.4. The molecule has 0 aliphatic rings. The molecule has 0 fully saturated rings. The molecule has 0 saturated carbocycles. The molecule has 1 aromatic heterocycles. The Morgan fingerprint density at radius 1 is 1.25 bits per heavy atom. The van der Waals surface area contributed by atoms with Crippen molar-refractivity contribution in [1.82, 2.24) is 9.88 Å². The van der Waals surface area contributed by atoms with Gasteiger partial charge in [0.1, 0.15) is 0 Å². The maximum Gasteiger partial charge on any atom is 0.319 e. The van der Waals surface area contributed by atoms with Gasteiger partial charge in [0.25, 0.3) is 0 Å². The average Bonchev–Trinajstić information content (AvgIpc) is 2.46. The predicted molar refractivity (Wildman–Crippen MR) is 71.4 cm³/mol. The number of carbonyl (C=O) groups excluding carboxylic acids is 2. The Labute approximate surface area is 117 Å². The standard InChI is InChI=1S/C13H19N3O4/c1-19-12(17)8-16(9-13(18)20-2)7-10-3-4-15-11(5-10)6-14/h3-5H,6-9,14H2,1-2H3. The van der Waals surface area contributed by atoms with E-state index in [1.54, 1.807) is 17.2 Å². The number of carbonyl (C=O) groups is 2. The lowest BCUT2D eigenvalue weighted by atomic mass is 10.2. The minimum absolute atomic E-state index is 0.00583. The van der Waals surface area contributed by atoms with Gasteiger partial charge in [0.15, 0.2) is 0 Å². The average molecular weight is 281 g/mol. The quantitative estimate of drug-likeness (QED) is 0.685. The molecule has 7 heteroatoms. The number of aromatic nitrogens is 1. The van der Waals surface area contributed by atoms with Crippen LogP contribution in [-0.2, 0) is 32.2 Å². The third kappa shape index (κ3) is 5.33. The van der Waals surface area contributed by atoms with Gasteiger partial charge in [-0.2, -0.15) is 0 Å². The fourth-order valence-corrected chi connectivity index (χ4v) is 1.66. The SMILES string of the molecule is COC(=O)CN(CC(=O)OC)Cc1ccnc(CN)c1. The summed E-state index contributed by atoms with van der Waals surface area (Å²) in [6, 6.07) is 3.64. The van der Waals surface area contributed by atoms with E-state index in [2.05, 4.69) is 14.5 Å². The van der Waals surface area contributed by atoms with E-state index < -0.39 is 11.9 Å². The smallest absolute Gasteiger partial charge is 0.319 e. The second-order valence-electron chi connectivity index (χ2n) is 4.16. The van der Waals surface area contributed by atoms with Gasteiger partial charge in [-0.1, -0.05) is 0 Å². The van der Waals surface area contributed by atoms with Crippen LogP contribution in [0.15, 0.2) is 18.3 Å². The molecule has 0 atom stereocenters. The van der Waals surface area contributed by atoms with Gasteiger partial charge in [0.05, 0.1) is 33.0 Å². The summed E-state index contributed by atoms with van der Waals surface area (Å²) in [7, 11) is 2.61. The summed E-state index contributed by atoms with van der Waals surface area (Å²) in [5.74, 6) is -0.830. The Kier molecular flexibility index (Phi) is 6.61. The molecule has 1 heterocycles. The van der Waals surface area contributed by atoms with Gasteiger partial charge in [-0.25, -0.2) is 0 Å². The summed E-state index contributed by atoms with van der Waals surface area (Å²) < 4.78 is 9.23. The van der Waals surface area contributed by atoms with Crippen molar-refractivity contribution >= 4 is 11.9 Å². The first-order valence-corrected chi connectivity index (χ1v) is 6.09. The highest BCUT2D eigenvalue weighted by molar-refractivity contribution is 5.74. The fraction of sp³-hybridized carbons (Fsp3) is 0.462. The summed E-state index contributed by atoms with van der Waals surface area (Å²) in [4.78, 5) is 28.4. The number of hydrogen-bond donors (Lipinski definition) is 1. The molecule has 110 valence electrons. The third-order valence-electron chi connectivity index (χ3n) is 2.66. The van der Waals surface area contributed by atoms with E-state index >= 15 is 0 Å². The highest BCUT2D eigenvalue weighted by Crippen LogP contribution is 2.06. The zero-order valence-corrected chi connectivity index (χ0v) is 11.7. The monoisotopic (exact) mass is 281 g/mol. The van der Waals surface area contributed by atoms with Gasteiger partial charge >= 0.3 is 11.9 Å². The number of esters is 2. The molecule has 1 rings (SSSR count). The van der Waals surface area contributed by atoms with Crippen LogP contribution in [0.4, 0.5) is 0 Å². The number of hydrogen-bond acceptors (Lipinski definition) is 7. The summed E-state index contributed by atoms with van der Waals surface area (Å²) in [5, 5.41) is 0. The van der Waals surface area contributed by atoms with Gasteiger partial charge in [-0.3, -0.25) is 19.5 Å². The second kappa shape index (κ2) is 8.23. The number of nitrogens with two attached hydrogens (primary N) is 1. The molecular formula is C13H19N3O4. The lowest BCUT2D eigenvalue weighted by Gasteiger charge is -2.19. The number of methoxy groups -OCH3 is 2. The van der Waals surface area contributed by atoms with Crippen molar-refractivity contribution in [2.45, 2.75) is 13.1 Å². The van der Waals surface area contributed by atoms with E-state index in [1.165, 1.54) is 14.2 Å². The zero-order valence-electron chi connectivity index (χ0n) is 11.7. The number of nitrogens with zero attached hydrogens (tertiary/aromatic N) is 2. The second-order valence-corrected chi connectivity index (χ2v) is 4.16. The number of ether oxygens (including phenoxy) is 2. The Balaban J connectivity index is 2.76. The van der Waals surface area contributed by atoms with E-state index in [-0.39, 0.29) is 13.1 Å². The topological polar surface area (TPSA) is 94.8 Å². The molecule has 0 amide bonds. The Morgan fingerprint density at radius 3 is 2.35 bits per heavy atom. The van der Waals surface area contributed by atoms with Crippen molar-refractivity contribution in [3.63, 3.8) is 0 Å². The number of pyridine rings is 1. The molecule has 0 radical (unpaired) electrons. The molecule has 7 nitrogen and oxygen atoms in total. The van der Waals surface area contributed by atoms with Crippen molar-refractivity contribution in [3.05, 3.63) is 29.6 Å². The summed E-state index contributed by atoms with van der Waals surface area (Å²) in [6.07, 6.45) is 1.64. The molecule has 0 bridgehead atoms. The highest BCUT2D eigenvalue weighted by Gasteiger charge is 2.16. The lowest BCUT2D eigenvalue weighted by molar-refractivity contribution is -0.145. The highest BCUT2D eigenvalue weighted by atomic mass is 16.5. The van der Waals surface area contributed by atoms with Crippen LogP contribution in [0.3, 0.4) is 0 Å². The van der Waals surface area contributed by atoms with E-state index in [1.807, 2.05) is 6.07 Å². The Morgan fingerprint density at radius 2 is 1.85 bits per heavy atom. The molecule has 0 spiro atoms. The molecule has 1 aromatic rings. The largest absolute Gasteiger partial charge is 0.468 e. The van der Waals surface area contributed by atoms with Crippen molar-refractivity contribution in [2.24, 2.45) is 5.73 Å². The van der Waals surface area contributed by atoms with Crippen molar-refractivity contribution in [2.75, 3.05) is 27.3 Å². The molecule has 0 unspecified atom stereocenters. The molecule has 2 N–H and O–H groups in total. The van der Waals surface area contributed by atoms with Gasteiger partial charge in [0.2, 0.25) is 0 Å². The maximum absolute atomic E-state index is 11.4. The van der Waals surface area contributed by atoms with Crippen LogP contribution in [0.25, 0.3) is 0 Å². The summed E-state index contributed by atoms with van der Waals surface area (Å²) >= 11 is 0. The van der Waals surface area contributed by atoms with Crippen LogP contribution in [0, 0.1) is 0 Å². The minimum Gasteiger partial charge on any atom is -0.468 e. The van der Waals surface area contributed by atoms with E-state index in [0.29, 0.717) is 13.1 Å². The first kappa shape index (κ1) is 16.1. The van der Waals surface area contributed by atoms with Crippen molar-refractivity contribution in [3.8, 4) is 0 Å². The van der Waals surface area contributed by atoms with Crippen LogP contribution >= 0.6 is 0 Å². The van der Waals surface area contributed by atoms with E-state index in [4.69, 9.17) is 5.73 Å². The molecule has 0 aromatic carbocycles. The molecule has 0 saturated heterocycles. The van der Waals surface area contributed by atoms with E-state index in [0.717, 1.165) is 11.3 Å². The van der Waals surface area contributed by atoms with Crippen LogP contribution in [0.5, 0.6) is 0 Å². The predicted octanol–water partition coefficient (Wildman–Crippen LogP) is -0.312. The van der Waals surface area contributed by atoms with Gasteiger partial charge in [0, 0.05) is 19.3 Å². The summed E-state index contributed by atoms with van der Waals surface area (Å²) in [5.41, 5.74) is 7.19. The minimum atomic E-state index is -0.415. The van der Waals surface area contributed by atoms with Crippen LogP contribution in [-0.4, -0.2) is 49.1 Å². The van der Waals surface area contributed by atoms with Gasteiger partial charge in [-0.05, 0) is 17.7 Å². The fourth-order valence-electron chi connectivity index (χ4n) is 1.66. The van der Waals surface area contributed by atoms with Crippen molar-refractivity contribution < 1.29 is 19.1 Å². The molecule has 0 aliphatic heterocycles. The third-order valence-corrected chi connectivity index (χ3v) is 2.66. The molecule has 20 heavy (non-hydrogen) atoms. The lowest BCUT2D eigenvalue weighted by Crippen LogP contribution is -2.35. The first-order valence-electron chi connectivity index (χ1n) is 6.09. The van der Waals surface area contributed by atoms with Gasteiger partial charge < -0.3 is 15.2 Å². The number of rotatable bonds is 7. The zero-order chi connectivity index (χ0) is 15.0. The van der Waals surface area contributed by atoms with Crippen LogP contribution < -0.4 is 5.73 Å². The first-order chi connectivity index (χ1) is 9.58. The van der Waals surface area contributed by atoms with Gasteiger partial charge in [-0.15, -0.1) is 0 Å². The van der Waals surface area contributed by atoms with Crippen LogP contribution in [0.2, 0.25) is 0 Å². The van der Waals surface area contributed by atoms with Crippen LogP contribution in [0.1, 0.15) is 11.3 Å².